The highest BCUT2D eigenvalue weighted by Crippen LogP contribution is 2.14. The SMILES string of the molecule is COCCn1c(O)c(C(C)=NNC(=O)c2ccc(Br)cc2)c(=O)[nH]c1=S. The molecule has 1 aromatic carbocycles. The fourth-order valence-corrected chi connectivity index (χ4v) is 2.67. The van der Waals surface area contributed by atoms with Crippen LogP contribution in [-0.4, -0.2) is 40.0 Å². The van der Waals surface area contributed by atoms with Crippen LogP contribution in [0.4, 0.5) is 0 Å². The minimum Gasteiger partial charge on any atom is -0.494 e. The molecule has 10 heteroatoms. The molecule has 0 atom stereocenters. The quantitative estimate of drug-likeness (QED) is 0.362. The van der Waals surface area contributed by atoms with Gasteiger partial charge in [-0.15, -0.1) is 0 Å². The van der Waals surface area contributed by atoms with Crippen molar-refractivity contribution in [2.75, 3.05) is 13.7 Å². The summed E-state index contributed by atoms with van der Waals surface area (Å²) in [6, 6.07) is 6.70. The van der Waals surface area contributed by atoms with Gasteiger partial charge >= 0.3 is 0 Å². The average Bonchev–Trinajstić information content (AvgIpc) is 2.59. The number of hydrogen-bond acceptors (Lipinski definition) is 6. The van der Waals surface area contributed by atoms with E-state index in [1.165, 1.54) is 18.6 Å². The summed E-state index contributed by atoms with van der Waals surface area (Å²) >= 11 is 8.33. The lowest BCUT2D eigenvalue weighted by molar-refractivity contribution is 0.0955. The van der Waals surface area contributed by atoms with Crippen LogP contribution in [0.1, 0.15) is 22.8 Å². The summed E-state index contributed by atoms with van der Waals surface area (Å²) < 4.78 is 7.20. The molecule has 2 aromatic rings. The first-order valence-corrected chi connectivity index (χ1v) is 8.71. The van der Waals surface area contributed by atoms with Crippen molar-refractivity contribution < 1.29 is 14.6 Å². The highest BCUT2D eigenvalue weighted by Gasteiger charge is 2.16. The van der Waals surface area contributed by atoms with Gasteiger partial charge in [0.15, 0.2) is 4.77 Å². The zero-order chi connectivity index (χ0) is 19.3. The molecule has 0 bridgehead atoms. The molecule has 2 rings (SSSR count). The van der Waals surface area contributed by atoms with Crippen LogP contribution in [0.5, 0.6) is 5.88 Å². The summed E-state index contributed by atoms with van der Waals surface area (Å²) in [5.74, 6) is -0.783. The fraction of sp³-hybridized carbons (Fsp3) is 0.250. The van der Waals surface area contributed by atoms with Crippen molar-refractivity contribution in [3.05, 3.63) is 55.0 Å². The molecule has 0 saturated carbocycles. The monoisotopic (exact) mass is 440 g/mol. The molecule has 0 aliphatic carbocycles. The summed E-state index contributed by atoms with van der Waals surface area (Å²) in [5.41, 5.74) is 2.22. The number of aromatic nitrogens is 2. The number of aromatic hydroxyl groups is 1. The van der Waals surface area contributed by atoms with Crippen LogP contribution in [0.2, 0.25) is 0 Å². The number of H-pyrrole nitrogens is 1. The van der Waals surface area contributed by atoms with Gasteiger partial charge in [-0.25, -0.2) is 5.43 Å². The van der Waals surface area contributed by atoms with Gasteiger partial charge in [0.1, 0.15) is 5.56 Å². The van der Waals surface area contributed by atoms with Gasteiger partial charge in [-0.1, -0.05) is 15.9 Å². The number of nitrogens with one attached hydrogen (secondary N) is 2. The molecule has 0 saturated heterocycles. The van der Waals surface area contributed by atoms with Gasteiger partial charge in [-0.05, 0) is 43.4 Å². The van der Waals surface area contributed by atoms with Crippen molar-refractivity contribution in [1.82, 2.24) is 15.0 Å². The maximum absolute atomic E-state index is 12.2. The maximum Gasteiger partial charge on any atom is 0.271 e. The standard InChI is InChI=1S/C16H17BrN4O4S/c1-9(19-20-13(22)10-3-5-11(17)6-4-10)12-14(23)18-16(26)21(15(12)24)7-8-25-2/h3-6,24H,7-8H2,1-2H3,(H,20,22)(H,18,23,26). The molecule has 138 valence electrons. The normalized spacial score (nSPS) is 11.4. The summed E-state index contributed by atoms with van der Waals surface area (Å²) in [6.07, 6.45) is 0. The van der Waals surface area contributed by atoms with Crippen LogP contribution < -0.4 is 11.0 Å². The van der Waals surface area contributed by atoms with E-state index >= 15 is 0 Å². The van der Waals surface area contributed by atoms with Crippen molar-refractivity contribution in [3.63, 3.8) is 0 Å². The maximum atomic E-state index is 12.2. The first kappa shape index (κ1) is 20.0. The summed E-state index contributed by atoms with van der Waals surface area (Å²) in [5, 5.41) is 14.3. The van der Waals surface area contributed by atoms with Crippen LogP contribution >= 0.6 is 28.1 Å². The summed E-state index contributed by atoms with van der Waals surface area (Å²) in [6.45, 7) is 2.04. The molecule has 1 heterocycles. The molecule has 0 fully saturated rings. The van der Waals surface area contributed by atoms with Gasteiger partial charge in [0.05, 0.1) is 18.9 Å². The molecule has 1 aromatic heterocycles. The number of hydrazone groups is 1. The lowest BCUT2D eigenvalue weighted by Crippen LogP contribution is -2.25. The van der Waals surface area contributed by atoms with E-state index in [1.54, 1.807) is 24.3 Å². The third kappa shape index (κ3) is 4.65. The largest absolute Gasteiger partial charge is 0.494 e. The van der Waals surface area contributed by atoms with E-state index in [1.807, 2.05) is 0 Å². The van der Waals surface area contributed by atoms with Crippen LogP contribution in [0.25, 0.3) is 0 Å². The first-order chi connectivity index (χ1) is 12.3. The zero-order valence-electron chi connectivity index (χ0n) is 14.1. The van der Waals surface area contributed by atoms with Crippen LogP contribution in [-0.2, 0) is 11.3 Å². The predicted octanol–water partition coefficient (Wildman–Crippen LogP) is 2.17. The number of aromatic amines is 1. The molecule has 0 aliphatic heterocycles. The van der Waals surface area contributed by atoms with E-state index in [-0.39, 0.29) is 28.5 Å². The Bertz CT molecular complexity index is 950. The minimum atomic E-state index is -0.597. The highest BCUT2D eigenvalue weighted by atomic mass is 79.9. The number of benzene rings is 1. The van der Waals surface area contributed by atoms with Gasteiger partial charge < -0.3 is 9.84 Å². The molecular weight excluding hydrogens is 424 g/mol. The Balaban J connectivity index is 2.30. The summed E-state index contributed by atoms with van der Waals surface area (Å²) in [7, 11) is 1.51. The van der Waals surface area contributed by atoms with Crippen LogP contribution in [0.3, 0.4) is 0 Å². The average molecular weight is 441 g/mol. The number of nitrogens with zero attached hydrogens (tertiary/aromatic N) is 2. The van der Waals surface area contributed by atoms with E-state index in [0.717, 1.165) is 4.47 Å². The molecule has 0 spiro atoms. The molecule has 3 N–H and O–H groups in total. The highest BCUT2D eigenvalue weighted by molar-refractivity contribution is 9.10. The van der Waals surface area contributed by atoms with Crippen molar-refractivity contribution in [3.8, 4) is 5.88 Å². The van der Waals surface area contributed by atoms with E-state index in [0.29, 0.717) is 12.2 Å². The topological polar surface area (TPSA) is 109 Å². The molecule has 1 amide bonds. The Morgan fingerprint density at radius 3 is 2.69 bits per heavy atom. The van der Waals surface area contributed by atoms with Gasteiger partial charge in [0, 0.05) is 17.1 Å². The number of amides is 1. The minimum absolute atomic E-state index is 0.0694. The van der Waals surface area contributed by atoms with E-state index in [2.05, 4.69) is 31.4 Å². The summed E-state index contributed by atoms with van der Waals surface area (Å²) in [4.78, 5) is 26.7. The second-order valence-electron chi connectivity index (χ2n) is 5.25. The Hall–Kier alpha value is -2.30. The number of carbonyl (C=O) groups excluding carboxylic acids is 1. The smallest absolute Gasteiger partial charge is 0.271 e. The van der Waals surface area contributed by atoms with E-state index < -0.39 is 11.5 Å². The Kier molecular flexibility index (Phi) is 6.83. The number of carbonyl (C=O) groups is 1. The number of halogens is 1. The number of hydrogen-bond donors (Lipinski definition) is 3. The van der Waals surface area contributed by atoms with Crippen molar-refractivity contribution in [1.29, 1.82) is 0 Å². The molecule has 0 radical (unpaired) electrons. The Morgan fingerprint density at radius 1 is 1.42 bits per heavy atom. The van der Waals surface area contributed by atoms with Crippen molar-refractivity contribution in [2.24, 2.45) is 5.10 Å². The number of methoxy groups -OCH3 is 1. The van der Waals surface area contributed by atoms with Crippen LogP contribution in [0, 0.1) is 4.77 Å². The molecule has 8 nitrogen and oxygen atoms in total. The van der Waals surface area contributed by atoms with Gasteiger partial charge in [0.2, 0.25) is 5.88 Å². The van der Waals surface area contributed by atoms with Crippen LogP contribution in [0.15, 0.2) is 38.6 Å². The van der Waals surface area contributed by atoms with Crippen molar-refractivity contribution in [2.45, 2.75) is 13.5 Å². The molecule has 0 unspecified atom stereocenters. The molecular formula is C16H17BrN4O4S. The fourth-order valence-electron chi connectivity index (χ4n) is 2.13. The van der Waals surface area contributed by atoms with Gasteiger partial charge in [-0.2, -0.15) is 5.10 Å². The Labute approximate surface area is 162 Å². The molecule has 26 heavy (non-hydrogen) atoms. The third-order valence-corrected chi connectivity index (χ3v) is 4.34. The Morgan fingerprint density at radius 2 is 2.08 bits per heavy atom. The second-order valence-corrected chi connectivity index (χ2v) is 6.55. The molecule has 0 aliphatic rings. The third-order valence-electron chi connectivity index (χ3n) is 3.48. The van der Waals surface area contributed by atoms with Gasteiger partial charge in [0.25, 0.3) is 11.5 Å². The first-order valence-electron chi connectivity index (χ1n) is 7.50. The number of ether oxygens (including phenoxy) is 1. The predicted molar refractivity (Wildman–Crippen MR) is 103 cm³/mol. The van der Waals surface area contributed by atoms with Crippen molar-refractivity contribution >= 4 is 39.8 Å². The zero-order valence-corrected chi connectivity index (χ0v) is 16.5. The van der Waals surface area contributed by atoms with E-state index in [4.69, 9.17) is 17.0 Å². The number of rotatable bonds is 6. The van der Waals surface area contributed by atoms with Gasteiger partial charge in [-0.3, -0.25) is 19.1 Å². The lowest BCUT2D eigenvalue weighted by atomic mass is 10.2. The lowest BCUT2D eigenvalue weighted by Gasteiger charge is -2.12. The van der Waals surface area contributed by atoms with E-state index in [9.17, 15) is 14.7 Å². The second kappa shape index (κ2) is 8.88.